The van der Waals surface area contributed by atoms with E-state index in [1.54, 1.807) is 0 Å². The smallest absolute Gasteiger partial charge is 0.322 e. The predicted molar refractivity (Wildman–Crippen MR) is 57.5 cm³/mol. The Labute approximate surface area is 90.4 Å². The molecular formula is C11H20N2O2. The molecule has 1 saturated carbocycles. The summed E-state index contributed by atoms with van der Waals surface area (Å²) in [6.45, 7) is 1.15. The molecule has 0 aromatic heterocycles. The van der Waals surface area contributed by atoms with E-state index in [0.29, 0.717) is 6.04 Å². The molecule has 2 fully saturated rings. The molecule has 2 aliphatic rings. The van der Waals surface area contributed by atoms with Crippen LogP contribution in [-0.4, -0.2) is 41.1 Å². The highest BCUT2D eigenvalue weighted by molar-refractivity contribution is 5.73. The summed E-state index contributed by atoms with van der Waals surface area (Å²) in [6, 6.07) is 0.0271. The van der Waals surface area contributed by atoms with Gasteiger partial charge >= 0.3 is 5.97 Å². The van der Waals surface area contributed by atoms with Gasteiger partial charge in [-0.1, -0.05) is 6.42 Å². The summed E-state index contributed by atoms with van der Waals surface area (Å²) in [7, 11) is 0. The summed E-state index contributed by atoms with van der Waals surface area (Å²) in [6.07, 6.45) is 6.10. The zero-order valence-corrected chi connectivity index (χ0v) is 9.06. The molecule has 0 aromatic rings. The number of hydrogen-bond acceptors (Lipinski definition) is 3. The maximum Gasteiger partial charge on any atom is 0.322 e. The molecule has 0 spiro atoms. The minimum atomic E-state index is -0.759. The first kappa shape index (κ1) is 10.9. The van der Waals surface area contributed by atoms with Crippen LogP contribution in [0.25, 0.3) is 0 Å². The largest absolute Gasteiger partial charge is 0.480 e. The molecule has 3 atom stereocenters. The molecule has 0 amide bonds. The number of nitrogens with two attached hydrogens (primary N) is 1. The highest BCUT2D eigenvalue weighted by Gasteiger charge is 2.39. The molecular weight excluding hydrogens is 192 g/mol. The van der Waals surface area contributed by atoms with Gasteiger partial charge in [0.2, 0.25) is 0 Å². The first-order chi connectivity index (χ1) is 7.24. The number of carbonyl (C=O) groups is 1. The van der Waals surface area contributed by atoms with E-state index in [4.69, 9.17) is 10.8 Å². The van der Waals surface area contributed by atoms with E-state index in [-0.39, 0.29) is 6.54 Å². The highest BCUT2D eigenvalue weighted by atomic mass is 16.4. The molecule has 4 heteroatoms. The molecule has 3 unspecified atom stereocenters. The van der Waals surface area contributed by atoms with Crippen LogP contribution in [0.5, 0.6) is 0 Å². The number of hydrogen-bond donors (Lipinski definition) is 2. The van der Waals surface area contributed by atoms with Crippen molar-refractivity contribution in [3.63, 3.8) is 0 Å². The molecule has 0 aromatic carbocycles. The van der Waals surface area contributed by atoms with Crippen LogP contribution >= 0.6 is 0 Å². The van der Waals surface area contributed by atoms with E-state index in [0.717, 1.165) is 25.3 Å². The molecule has 0 radical (unpaired) electrons. The van der Waals surface area contributed by atoms with Gasteiger partial charge in [-0.05, 0) is 38.1 Å². The van der Waals surface area contributed by atoms with Gasteiger partial charge in [0.25, 0.3) is 0 Å². The second-order valence-electron chi connectivity index (χ2n) is 4.73. The minimum absolute atomic E-state index is 0.235. The van der Waals surface area contributed by atoms with Gasteiger partial charge in [-0.2, -0.15) is 0 Å². The van der Waals surface area contributed by atoms with Crippen LogP contribution in [0.4, 0.5) is 0 Å². The average Bonchev–Trinajstić information content (AvgIpc) is 2.66. The third kappa shape index (κ3) is 2.01. The van der Waals surface area contributed by atoms with Crippen molar-refractivity contribution in [2.45, 2.75) is 44.2 Å². The zero-order chi connectivity index (χ0) is 10.8. The van der Waals surface area contributed by atoms with Gasteiger partial charge in [-0.3, -0.25) is 9.69 Å². The summed E-state index contributed by atoms with van der Waals surface area (Å²) in [5.74, 6) is -0.0304. The zero-order valence-electron chi connectivity index (χ0n) is 9.06. The van der Waals surface area contributed by atoms with Crippen molar-refractivity contribution in [2.75, 3.05) is 13.1 Å². The molecule has 1 saturated heterocycles. The monoisotopic (exact) mass is 212 g/mol. The summed E-state index contributed by atoms with van der Waals surface area (Å²) >= 11 is 0. The number of aliphatic carboxylic acids is 1. The van der Waals surface area contributed by atoms with Crippen LogP contribution in [0.15, 0.2) is 0 Å². The van der Waals surface area contributed by atoms with Crippen molar-refractivity contribution in [2.24, 2.45) is 11.7 Å². The Hall–Kier alpha value is -0.610. The lowest BCUT2D eigenvalue weighted by molar-refractivity contribution is -0.145. The molecule has 0 bridgehead atoms. The molecule has 86 valence electrons. The molecule has 15 heavy (non-hydrogen) atoms. The van der Waals surface area contributed by atoms with E-state index in [1.165, 1.54) is 19.3 Å². The number of rotatable bonds is 3. The van der Waals surface area contributed by atoms with Crippen molar-refractivity contribution in [1.29, 1.82) is 0 Å². The lowest BCUT2D eigenvalue weighted by Gasteiger charge is -2.40. The number of carboxylic acids is 1. The van der Waals surface area contributed by atoms with E-state index in [9.17, 15) is 4.79 Å². The van der Waals surface area contributed by atoms with Crippen molar-refractivity contribution in [1.82, 2.24) is 4.90 Å². The summed E-state index contributed by atoms with van der Waals surface area (Å²) < 4.78 is 0. The van der Waals surface area contributed by atoms with E-state index in [1.807, 2.05) is 0 Å². The molecule has 1 aliphatic heterocycles. The van der Waals surface area contributed by atoms with Crippen LogP contribution in [0.1, 0.15) is 32.1 Å². The van der Waals surface area contributed by atoms with Gasteiger partial charge in [0, 0.05) is 12.6 Å². The Morgan fingerprint density at radius 3 is 2.80 bits per heavy atom. The maximum atomic E-state index is 11.1. The third-order valence-corrected chi connectivity index (χ3v) is 3.94. The highest BCUT2D eigenvalue weighted by Crippen LogP contribution is 2.37. The number of piperidine rings is 1. The van der Waals surface area contributed by atoms with Crippen molar-refractivity contribution in [3.8, 4) is 0 Å². The Balaban J connectivity index is 2.09. The molecule has 1 aliphatic carbocycles. The van der Waals surface area contributed by atoms with Crippen molar-refractivity contribution >= 4 is 5.97 Å². The normalized spacial score (nSPS) is 33.7. The number of nitrogens with zero attached hydrogens (tertiary/aromatic N) is 1. The van der Waals surface area contributed by atoms with Gasteiger partial charge in [0.1, 0.15) is 6.04 Å². The Kier molecular flexibility index (Phi) is 3.26. The summed E-state index contributed by atoms with van der Waals surface area (Å²) in [4.78, 5) is 13.2. The number of fused-ring (bicyclic) bond motifs is 1. The molecule has 2 rings (SSSR count). The second-order valence-corrected chi connectivity index (χ2v) is 4.73. The lowest BCUT2D eigenvalue weighted by Crippen LogP contribution is -2.54. The Morgan fingerprint density at radius 2 is 2.13 bits per heavy atom. The lowest BCUT2D eigenvalue weighted by atomic mass is 9.90. The third-order valence-electron chi connectivity index (χ3n) is 3.94. The van der Waals surface area contributed by atoms with Gasteiger partial charge in [-0.15, -0.1) is 0 Å². The van der Waals surface area contributed by atoms with E-state index < -0.39 is 12.0 Å². The van der Waals surface area contributed by atoms with Crippen LogP contribution in [-0.2, 0) is 4.79 Å². The van der Waals surface area contributed by atoms with Gasteiger partial charge in [0.05, 0.1) is 0 Å². The van der Waals surface area contributed by atoms with Crippen LogP contribution in [0.2, 0.25) is 0 Å². The maximum absolute atomic E-state index is 11.1. The molecule has 3 N–H and O–H groups in total. The van der Waals surface area contributed by atoms with E-state index in [2.05, 4.69) is 4.90 Å². The van der Waals surface area contributed by atoms with E-state index >= 15 is 0 Å². The Bertz CT molecular complexity index is 245. The average molecular weight is 212 g/mol. The summed E-state index contributed by atoms with van der Waals surface area (Å²) in [5, 5.41) is 9.12. The first-order valence-corrected chi connectivity index (χ1v) is 5.92. The topological polar surface area (TPSA) is 66.6 Å². The van der Waals surface area contributed by atoms with Crippen molar-refractivity contribution in [3.05, 3.63) is 0 Å². The standard InChI is InChI=1S/C11H20N2O2/c12-7-10(11(14)15)13-6-2-4-8-3-1-5-9(8)13/h8-10H,1-7,12H2,(H,14,15). The van der Waals surface area contributed by atoms with Crippen LogP contribution in [0.3, 0.4) is 0 Å². The second kappa shape index (κ2) is 4.49. The quantitative estimate of drug-likeness (QED) is 0.721. The van der Waals surface area contributed by atoms with Crippen molar-refractivity contribution < 1.29 is 9.90 Å². The minimum Gasteiger partial charge on any atom is -0.480 e. The SMILES string of the molecule is NCC(C(=O)O)N1CCCC2CCCC21. The number of likely N-dealkylation sites (tertiary alicyclic amines) is 1. The fraction of sp³-hybridized carbons (Fsp3) is 0.909. The fourth-order valence-electron chi connectivity index (χ4n) is 3.26. The molecule has 1 heterocycles. The summed E-state index contributed by atoms with van der Waals surface area (Å²) in [5.41, 5.74) is 5.56. The van der Waals surface area contributed by atoms with Crippen LogP contribution in [0, 0.1) is 5.92 Å². The first-order valence-electron chi connectivity index (χ1n) is 5.92. The van der Waals surface area contributed by atoms with Crippen LogP contribution < -0.4 is 5.73 Å². The van der Waals surface area contributed by atoms with Gasteiger partial charge in [-0.25, -0.2) is 0 Å². The molecule has 4 nitrogen and oxygen atoms in total. The predicted octanol–water partition coefficient (Wildman–Crippen LogP) is 0.663. The number of carboxylic acid groups (broad SMARTS) is 1. The Morgan fingerprint density at radius 1 is 1.40 bits per heavy atom. The fourth-order valence-corrected chi connectivity index (χ4v) is 3.26. The van der Waals surface area contributed by atoms with Gasteiger partial charge in [0.15, 0.2) is 0 Å². The van der Waals surface area contributed by atoms with Gasteiger partial charge < -0.3 is 10.8 Å².